The molecule has 3 nitrogen and oxygen atoms in total. The molecule has 1 aromatic heterocycles. The van der Waals surface area contributed by atoms with Crippen molar-refractivity contribution in [2.75, 3.05) is 6.61 Å². The molecule has 0 amide bonds. The number of rotatable bonds is 4. The fraction of sp³-hybridized carbons (Fsp3) is 0.400. The number of furan rings is 1. The largest absolute Gasteiger partial charge is 0.465 e. The first-order valence-corrected chi connectivity index (χ1v) is 6.76. The third kappa shape index (κ3) is 2.92. The minimum atomic E-state index is -0.383. The molecule has 0 aliphatic rings. The van der Waals surface area contributed by atoms with E-state index in [1.807, 2.05) is 32.0 Å². The lowest BCUT2D eigenvalue weighted by Gasteiger charge is -2.16. The summed E-state index contributed by atoms with van der Waals surface area (Å²) in [6.07, 6.45) is 0. The highest BCUT2D eigenvalue weighted by Gasteiger charge is 2.28. The molecule has 1 heterocycles. The normalized spacial score (nSPS) is 12.9. The van der Waals surface area contributed by atoms with Crippen LogP contribution in [-0.4, -0.2) is 12.6 Å². The van der Waals surface area contributed by atoms with Gasteiger partial charge < -0.3 is 9.15 Å². The average Bonchev–Trinajstić information content (AvgIpc) is 2.71. The Kier molecular flexibility index (Phi) is 4.15. The minimum Gasteiger partial charge on any atom is -0.465 e. The number of fused-ring (bicyclic) bond motifs is 1. The summed E-state index contributed by atoms with van der Waals surface area (Å²) in [4.78, 5) is 12.0. The second-order valence-corrected chi connectivity index (χ2v) is 5.24. The fourth-order valence-corrected chi connectivity index (χ4v) is 2.32. The van der Waals surface area contributed by atoms with Gasteiger partial charge in [0.25, 0.3) is 0 Å². The molecule has 0 radical (unpaired) electrons. The van der Waals surface area contributed by atoms with Crippen molar-refractivity contribution < 1.29 is 13.9 Å². The summed E-state index contributed by atoms with van der Waals surface area (Å²) in [6.45, 7) is 6.12. The molecule has 0 aliphatic carbocycles. The predicted octanol–water partition coefficient (Wildman–Crippen LogP) is 4.39. The van der Waals surface area contributed by atoms with Gasteiger partial charge in [0.2, 0.25) is 0 Å². The van der Waals surface area contributed by atoms with Crippen LogP contribution in [0.5, 0.6) is 0 Å². The summed E-state index contributed by atoms with van der Waals surface area (Å²) in [5.41, 5.74) is 0.731. The smallest absolute Gasteiger partial charge is 0.316 e. The Hall–Kier alpha value is -1.48. The highest BCUT2D eigenvalue weighted by molar-refractivity contribution is 6.31. The molecule has 0 fully saturated rings. The van der Waals surface area contributed by atoms with Crippen molar-refractivity contribution in [2.45, 2.75) is 26.7 Å². The molecule has 0 saturated carbocycles. The van der Waals surface area contributed by atoms with Gasteiger partial charge in [0.15, 0.2) is 0 Å². The third-order valence-corrected chi connectivity index (χ3v) is 3.25. The molecular weight excluding hydrogens is 264 g/mol. The molecule has 4 heteroatoms. The molecule has 0 spiro atoms. The van der Waals surface area contributed by atoms with Crippen LogP contribution in [-0.2, 0) is 9.53 Å². The number of carbonyl (C=O) groups is 1. The van der Waals surface area contributed by atoms with E-state index in [4.69, 9.17) is 20.8 Å². The Balaban J connectivity index is 2.41. The second-order valence-electron chi connectivity index (χ2n) is 4.80. The van der Waals surface area contributed by atoms with Crippen molar-refractivity contribution in [3.8, 4) is 0 Å². The molecule has 2 rings (SSSR count). The minimum absolute atomic E-state index is 0.107. The topological polar surface area (TPSA) is 39.4 Å². The van der Waals surface area contributed by atoms with E-state index in [-0.39, 0.29) is 17.8 Å². The van der Waals surface area contributed by atoms with Crippen LogP contribution in [0.1, 0.15) is 32.4 Å². The summed E-state index contributed by atoms with van der Waals surface area (Å²) < 4.78 is 10.9. The summed E-state index contributed by atoms with van der Waals surface area (Å²) in [5, 5.41) is 1.55. The molecule has 0 bridgehead atoms. The summed E-state index contributed by atoms with van der Waals surface area (Å²) >= 11 is 5.95. The van der Waals surface area contributed by atoms with E-state index in [2.05, 4.69) is 0 Å². The van der Waals surface area contributed by atoms with Crippen LogP contribution in [0.15, 0.2) is 28.7 Å². The van der Waals surface area contributed by atoms with Crippen molar-refractivity contribution in [3.05, 3.63) is 35.0 Å². The first-order valence-electron chi connectivity index (χ1n) is 6.38. The zero-order valence-electron chi connectivity index (χ0n) is 11.3. The number of hydrogen-bond donors (Lipinski definition) is 0. The average molecular weight is 281 g/mol. The number of ether oxygens (including phenoxy) is 1. The molecule has 2 aromatic rings. The quantitative estimate of drug-likeness (QED) is 0.780. The monoisotopic (exact) mass is 280 g/mol. The van der Waals surface area contributed by atoms with E-state index in [0.717, 1.165) is 11.0 Å². The predicted molar refractivity (Wildman–Crippen MR) is 75.4 cm³/mol. The lowest BCUT2D eigenvalue weighted by Crippen LogP contribution is -2.20. The maximum atomic E-state index is 12.0. The van der Waals surface area contributed by atoms with E-state index in [1.165, 1.54) is 0 Å². The van der Waals surface area contributed by atoms with Crippen molar-refractivity contribution in [1.29, 1.82) is 0 Å². The standard InChI is InChI=1S/C15H17ClO3/c1-4-18-15(17)14(9(2)3)13-8-10-7-11(16)5-6-12(10)19-13/h5-9,14H,4H2,1-3H3. The van der Waals surface area contributed by atoms with Gasteiger partial charge in [0.05, 0.1) is 6.61 Å². The van der Waals surface area contributed by atoms with Crippen molar-refractivity contribution in [1.82, 2.24) is 0 Å². The van der Waals surface area contributed by atoms with E-state index in [1.54, 1.807) is 13.0 Å². The summed E-state index contributed by atoms with van der Waals surface area (Å²) in [6, 6.07) is 7.27. The van der Waals surface area contributed by atoms with E-state index in [0.29, 0.717) is 17.4 Å². The summed E-state index contributed by atoms with van der Waals surface area (Å²) in [7, 11) is 0. The number of carbonyl (C=O) groups excluding carboxylic acids is 1. The van der Waals surface area contributed by atoms with E-state index >= 15 is 0 Å². The van der Waals surface area contributed by atoms with Crippen LogP contribution < -0.4 is 0 Å². The maximum absolute atomic E-state index is 12.0. The Labute approximate surface area is 117 Å². The Bertz CT molecular complexity index is 586. The highest BCUT2D eigenvalue weighted by atomic mass is 35.5. The first kappa shape index (κ1) is 13.9. The zero-order valence-corrected chi connectivity index (χ0v) is 12.0. The third-order valence-electron chi connectivity index (χ3n) is 3.01. The Morgan fingerprint density at radius 1 is 1.37 bits per heavy atom. The van der Waals surface area contributed by atoms with Gasteiger partial charge in [-0.15, -0.1) is 0 Å². The van der Waals surface area contributed by atoms with Gasteiger partial charge >= 0.3 is 5.97 Å². The molecule has 102 valence electrons. The molecule has 19 heavy (non-hydrogen) atoms. The van der Waals surface area contributed by atoms with Gasteiger partial charge in [-0.25, -0.2) is 0 Å². The van der Waals surface area contributed by atoms with E-state index < -0.39 is 0 Å². The Morgan fingerprint density at radius 3 is 2.74 bits per heavy atom. The van der Waals surface area contributed by atoms with Gasteiger partial charge in [0.1, 0.15) is 17.3 Å². The summed E-state index contributed by atoms with van der Waals surface area (Å²) in [5.74, 6) is 0.106. The fourth-order valence-electron chi connectivity index (χ4n) is 2.14. The highest BCUT2D eigenvalue weighted by Crippen LogP contribution is 2.32. The molecule has 0 N–H and O–H groups in total. The van der Waals surface area contributed by atoms with Gasteiger partial charge in [0, 0.05) is 10.4 Å². The van der Waals surface area contributed by atoms with Gasteiger partial charge in [-0.2, -0.15) is 0 Å². The lowest BCUT2D eigenvalue weighted by atomic mass is 9.93. The number of esters is 1. The first-order chi connectivity index (χ1) is 9.02. The van der Waals surface area contributed by atoms with Gasteiger partial charge in [-0.1, -0.05) is 25.4 Å². The molecule has 0 saturated heterocycles. The van der Waals surface area contributed by atoms with E-state index in [9.17, 15) is 4.79 Å². The molecular formula is C15H17ClO3. The second kappa shape index (κ2) is 5.66. The number of hydrogen-bond acceptors (Lipinski definition) is 3. The number of benzene rings is 1. The lowest BCUT2D eigenvalue weighted by molar-refractivity contribution is -0.146. The zero-order chi connectivity index (χ0) is 14.0. The number of halogens is 1. The van der Waals surface area contributed by atoms with Crippen molar-refractivity contribution in [3.63, 3.8) is 0 Å². The van der Waals surface area contributed by atoms with Crippen LogP contribution in [0.4, 0.5) is 0 Å². The van der Waals surface area contributed by atoms with Crippen LogP contribution in [0.3, 0.4) is 0 Å². The van der Waals surface area contributed by atoms with Crippen LogP contribution >= 0.6 is 11.6 Å². The molecule has 1 unspecified atom stereocenters. The van der Waals surface area contributed by atoms with Crippen LogP contribution in [0.25, 0.3) is 11.0 Å². The SMILES string of the molecule is CCOC(=O)C(c1cc2cc(Cl)ccc2o1)C(C)C. The van der Waals surface area contributed by atoms with Gasteiger partial charge in [-0.3, -0.25) is 4.79 Å². The van der Waals surface area contributed by atoms with Crippen LogP contribution in [0.2, 0.25) is 5.02 Å². The molecule has 0 aliphatic heterocycles. The van der Waals surface area contributed by atoms with Crippen LogP contribution in [0, 0.1) is 5.92 Å². The van der Waals surface area contributed by atoms with Crippen molar-refractivity contribution >= 4 is 28.5 Å². The molecule has 1 atom stereocenters. The molecule has 1 aromatic carbocycles. The van der Waals surface area contributed by atoms with Gasteiger partial charge in [-0.05, 0) is 37.1 Å². The van der Waals surface area contributed by atoms with Crippen molar-refractivity contribution in [2.24, 2.45) is 5.92 Å². The Morgan fingerprint density at radius 2 is 2.11 bits per heavy atom. The maximum Gasteiger partial charge on any atom is 0.316 e.